The summed E-state index contributed by atoms with van der Waals surface area (Å²) in [6.45, 7) is 5.83. The van der Waals surface area contributed by atoms with Crippen LogP contribution < -0.4 is 5.32 Å². The third-order valence-electron chi connectivity index (χ3n) is 4.87. The molecule has 2 bridgehead atoms. The molecule has 0 aromatic heterocycles. The molecule has 2 heterocycles. The van der Waals surface area contributed by atoms with Crippen molar-refractivity contribution in [3.8, 4) is 0 Å². The first kappa shape index (κ1) is 18.5. The zero-order valence-electron chi connectivity index (χ0n) is 15.7. The number of nitrogens with one attached hydrogen (secondary N) is 1. The van der Waals surface area contributed by atoms with Gasteiger partial charge in [-0.1, -0.05) is 30.3 Å². The second-order valence-electron chi connectivity index (χ2n) is 8.15. The van der Waals surface area contributed by atoms with Gasteiger partial charge in [0.15, 0.2) is 0 Å². The Morgan fingerprint density at radius 3 is 2.31 bits per heavy atom. The maximum Gasteiger partial charge on any atom is 0.410 e. The Hall–Kier alpha value is -2.24. The Bertz CT molecular complexity index is 627. The van der Waals surface area contributed by atoms with Gasteiger partial charge >= 0.3 is 12.2 Å². The van der Waals surface area contributed by atoms with Crippen molar-refractivity contribution >= 4 is 12.2 Å². The van der Waals surface area contributed by atoms with Crippen molar-refractivity contribution in [3.63, 3.8) is 0 Å². The molecule has 2 aliphatic heterocycles. The van der Waals surface area contributed by atoms with Gasteiger partial charge in [-0.2, -0.15) is 0 Å². The molecule has 2 fully saturated rings. The normalized spacial score (nSPS) is 24.9. The first-order valence-corrected chi connectivity index (χ1v) is 9.30. The monoisotopic (exact) mass is 360 g/mol. The number of nitrogens with zero attached hydrogens (tertiary/aromatic N) is 1. The Morgan fingerprint density at radius 1 is 1.12 bits per heavy atom. The minimum absolute atomic E-state index is 0.0422. The summed E-state index contributed by atoms with van der Waals surface area (Å²) in [5.41, 5.74) is 0.472. The van der Waals surface area contributed by atoms with Crippen molar-refractivity contribution in [2.45, 2.75) is 76.8 Å². The van der Waals surface area contributed by atoms with Gasteiger partial charge in [0.2, 0.25) is 0 Å². The van der Waals surface area contributed by atoms with Gasteiger partial charge in [0.05, 0.1) is 0 Å². The number of carbonyl (C=O) groups excluding carboxylic acids is 2. The molecule has 0 saturated carbocycles. The summed E-state index contributed by atoms with van der Waals surface area (Å²) in [6, 6.07) is 9.97. The van der Waals surface area contributed by atoms with Crippen molar-refractivity contribution < 1.29 is 19.1 Å². The number of ether oxygens (including phenoxy) is 2. The molecule has 2 atom stereocenters. The number of carbonyl (C=O) groups is 2. The van der Waals surface area contributed by atoms with Crippen LogP contribution in [0, 0.1) is 0 Å². The minimum Gasteiger partial charge on any atom is -0.445 e. The lowest BCUT2D eigenvalue weighted by atomic mass is 9.98. The molecule has 1 N–H and O–H groups in total. The van der Waals surface area contributed by atoms with Crippen LogP contribution in [-0.4, -0.2) is 40.8 Å². The summed E-state index contributed by atoms with van der Waals surface area (Å²) < 4.78 is 10.8. The summed E-state index contributed by atoms with van der Waals surface area (Å²) in [4.78, 5) is 26.4. The van der Waals surface area contributed by atoms with Gasteiger partial charge in [-0.15, -0.1) is 0 Å². The second kappa shape index (κ2) is 7.56. The summed E-state index contributed by atoms with van der Waals surface area (Å²) in [5.74, 6) is 0. The van der Waals surface area contributed by atoms with Crippen LogP contribution in [0.2, 0.25) is 0 Å². The van der Waals surface area contributed by atoms with Crippen molar-refractivity contribution in [3.05, 3.63) is 35.9 Å². The fraction of sp³-hybridized carbons (Fsp3) is 0.600. The van der Waals surface area contributed by atoms with Gasteiger partial charge in [0.25, 0.3) is 0 Å². The molecule has 0 aliphatic carbocycles. The number of amides is 2. The molecule has 142 valence electrons. The number of hydrogen-bond donors (Lipinski definition) is 1. The highest BCUT2D eigenvalue weighted by Gasteiger charge is 2.44. The van der Waals surface area contributed by atoms with E-state index < -0.39 is 5.60 Å². The maximum atomic E-state index is 12.5. The lowest BCUT2D eigenvalue weighted by Crippen LogP contribution is -2.53. The highest BCUT2D eigenvalue weighted by molar-refractivity contribution is 5.70. The fourth-order valence-electron chi connectivity index (χ4n) is 3.86. The molecular weight excluding hydrogens is 332 g/mol. The lowest BCUT2D eigenvalue weighted by molar-refractivity contribution is 0.0403. The summed E-state index contributed by atoms with van der Waals surface area (Å²) in [6.07, 6.45) is 2.76. The van der Waals surface area contributed by atoms with E-state index in [0.717, 1.165) is 31.2 Å². The molecule has 6 heteroatoms. The largest absolute Gasteiger partial charge is 0.445 e. The molecule has 1 aromatic carbocycles. The zero-order chi connectivity index (χ0) is 18.7. The molecule has 26 heavy (non-hydrogen) atoms. The molecule has 2 aliphatic rings. The van der Waals surface area contributed by atoms with Crippen molar-refractivity contribution in [1.82, 2.24) is 10.2 Å². The van der Waals surface area contributed by atoms with E-state index in [4.69, 9.17) is 9.47 Å². The summed E-state index contributed by atoms with van der Waals surface area (Å²) >= 11 is 0. The molecule has 6 nitrogen and oxygen atoms in total. The van der Waals surface area contributed by atoms with Gasteiger partial charge < -0.3 is 19.7 Å². The van der Waals surface area contributed by atoms with E-state index >= 15 is 0 Å². The van der Waals surface area contributed by atoms with Crippen LogP contribution in [-0.2, 0) is 16.1 Å². The van der Waals surface area contributed by atoms with E-state index in [0.29, 0.717) is 0 Å². The molecule has 2 amide bonds. The van der Waals surface area contributed by atoms with E-state index in [9.17, 15) is 9.59 Å². The smallest absolute Gasteiger partial charge is 0.410 e. The molecule has 2 unspecified atom stereocenters. The van der Waals surface area contributed by atoms with E-state index in [1.165, 1.54) is 0 Å². The van der Waals surface area contributed by atoms with E-state index in [-0.39, 0.29) is 36.9 Å². The topological polar surface area (TPSA) is 67.9 Å². The van der Waals surface area contributed by atoms with Gasteiger partial charge in [0.1, 0.15) is 12.2 Å². The average Bonchev–Trinajstić information content (AvgIpc) is 2.83. The second-order valence-corrected chi connectivity index (χ2v) is 8.15. The quantitative estimate of drug-likeness (QED) is 0.889. The molecule has 1 aromatic rings. The Kier molecular flexibility index (Phi) is 5.39. The highest BCUT2D eigenvalue weighted by atomic mass is 16.6. The molecule has 0 radical (unpaired) electrons. The number of hydrogen-bond acceptors (Lipinski definition) is 4. The molecule has 0 spiro atoms. The minimum atomic E-state index is -0.509. The predicted molar refractivity (Wildman–Crippen MR) is 97.7 cm³/mol. The highest BCUT2D eigenvalue weighted by Crippen LogP contribution is 2.36. The van der Waals surface area contributed by atoms with Crippen LogP contribution >= 0.6 is 0 Å². The summed E-state index contributed by atoms with van der Waals surface area (Å²) in [7, 11) is 0. The van der Waals surface area contributed by atoms with Crippen LogP contribution in [0.1, 0.15) is 52.0 Å². The molecular formula is C20H28N2O4. The number of piperidine rings is 1. The third kappa shape index (κ3) is 4.68. The molecule has 2 saturated heterocycles. The Balaban J connectivity index is 1.52. The Labute approximate surface area is 154 Å². The molecule has 3 rings (SSSR count). The van der Waals surface area contributed by atoms with Crippen molar-refractivity contribution in [1.29, 1.82) is 0 Å². The van der Waals surface area contributed by atoms with Gasteiger partial charge in [0, 0.05) is 18.1 Å². The number of alkyl carbamates (subject to hydrolysis) is 1. The van der Waals surface area contributed by atoms with Gasteiger partial charge in [-0.3, -0.25) is 0 Å². The zero-order valence-corrected chi connectivity index (χ0v) is 15.7. The first-order valence-electron chi connectivity index (χ1n) is 9.30. The number of fused-ring (bicyclic) bond motifs is 2. The lowest BCUT2D eigenvalue weighted by Gasteiger charge is -2.38. The van der Waals surface area contributed by atoms with Crippen LogP contribution in [0.15, 0.2) is 30.3 Å². The fourth-order valence-corrected chi connectivity index (χ4v) is 3.86. The SMILES string of the molecule is CC(C)(C)OC(=O)NC1CC2CCC(C1)N2C(=O)OCc1ccccc1. The van der Waals surface area contributed by atoms with E-state index in [1.54, 1.807) is 0 Å². The first-order chi connectivity index (χ1) is 12.3. The van der Waals surface area contributed by atoms with Crippen molar-refractivity contribution in [2.75, 3.05) is 0 Å². The predicted octanol–water partition coefficient (Wildman–Crippen LogP) is 3.84. The van der Waals surface area contributed by atoms with Crippen LogP contribution in [0.5, 0.6) is 0 Å². The third-order valence-corrected chi connectivity index (χ3v) is 4.87. The van der Waals surface area contributed by atoms with Crippen LogP contribution in [0.4, 0.5) is 9.59 Å². The number of benzene rings is 1. The van der Waals surface area contributed by atoms with E-state index in [1.807, 2.05) is 56.0 Å². The Morgan fingerprint density at radius 2 is 1.73 bits per heavy atom. The van der Waals surface area contributed by atoms with Crippen LogP contribution in [0.3, 0.4) is 0 Å². The maximum absolute atomic E-state index is 12.5. The van der Waals surface area contributed by atoms with Crippen LogP contribution in [0.25, 0.3) is 0 Å². The van der Waals surface area contributed by atoms with Gasteiger partial charge in [-0.25, -0.2) is 9.59 Å². The summed E-state index contributed by atoms with van der Waals surface area (Å²) in [5, 5.41) is 2.95. The van der Waals surface area contributed by atoms with Crippen molar-refractivity contribution in [2.24, 2.45) is 0 Å². The number of rotatable bonds is 3. The average molecular weight is 360 g/mol. The van der Waals surface area contributed by atoms with E-state index in [2.05, 4.69) is 5.32 Å². The van der Waals surface area contributed by atoms with Gasteiger partial charge in [-0.05, 0) is 52.0 Å². The standard InChI is InChI=1S/C20H28N2O4/c1-20(2,3)26-18(23)21-15-11-16-9-10-17(12-15)22(16)19(24)25-13-14-7-5-4-6-8-14/h4-8,15-17H,9-13H2,1-3H3,(H,21,23).